The lowest BCUT2D eigenvalue weighted by atomic mass is 9.74. The lowest BCUT2D eigenvalue weighted by Crippen LogP contribution is -2.42. The van der Waals surface area contributed by atoms with Crippen LogP contribution in [-0.4, -0.2) is 23.0 Å². The van der Waals surface area contributed by atoms with Crippen LogP contribution in [0.5, 0.6) is 0 Å². The molecule has 1 aromatic rings. The Hall–Kier alpha value is -2.57. The van der Waals surface area contributed by atoms with Gasteiger partial charge in [0.15, 0.2) is 5.41 Å². The first kappa shape index (κ1) is 16.8. The molecule has 122 valence electrons. The lowest BCUT2D eigenvalue weighted by molar-refractivity contribution is -0.142. The maximum atomic E-state index is 13.0. The van der Waals surface area contributed by atoms with Gasteiger partial charge in [-0.2, -0.15) is 31.6 Å². The molecule has 0 saturated heterocycles. The summed E-state index contributed by atoms with van der Waals surface area (Å²) in [5.41, 5.74) is -7.97. The monoisotopic (exact) mass is 336 g/mol. The van der Waals surface area contributed by atoms with Gasteiger partial charge in [0.1, 0.15) is 5.71 Å². The van der Waals surface area contributed by atoms with Crippen LogP contribution in [0.2, 0.25) is 0 Å². The van der Waals surface area contributed by atoms with E-state index in [4.69, 9.17) is 5.26 Å². The van der Waals surface area contributed by atoms with Crippen LogP contribution in [0.15, 0.2) is 23.2 Å². The minimum atomic E-state index is -5.16. The Labute approximate surface area is 124 Å². The van der Waals surface area contributed by atoms with Crippen molar-refractivity contribution in [1.29, 1.82) is 5.26 Å². The number of para-hydroxylation sites is 1. The average molecular weight is 336 g/mol. The molecule has 4 nitrogen and oxygen atoms in total. The van der Waals surface area contributed by atoms with Crippen LogP contribution in [0.1, 0.15) is 17.5 Å². The van der Waals surface area contributed by atoms with Crippen molar-refractivity contribution in [2.45, 2.75) is 24.2 Å². The highest BCUT2D eigenvalue weighted by atomic mass is 19.4. The third kappa shape index (κ3) is 2.62. The highest BCUT2D eigenvalue weighted by Crippen LogP contribution is 2.48. The summed E-state index contributed by atoms with van der Waals surface area (Å²) < 4.78 is 77.6. The number of aliphatic imine (C=N–C) groups is 1. The summed E-state index contributed by atoms with van der Waals surface area (Å²) in [6.07, 6.45) is -11.6. The van der Waals surface area contributed by atoms with Gasteiger partial charge in [-0.1, -0.05) is 12.1 Å². The number of nitriles is 1. The highest BCUT2D eigenvalue weighted by molar-refractivity contribution is 6.03. The molecule has 0 saturated carbocycles. The van der Waals surface area contributed by atoms with E-state index in [-0.39, 0.29) is 0 Å². The van der Waals surface area contributed by atoms with Crippen molar-refractivity contribution in [3.8, 4) is 6.07 Å². The smallest absolute Gasteiger partial charge is 0.429 e. The number of carboxylic acids is 1. The number of rotatable bonds is 1. The van der Waals surface area contributed by atoms with E-state index in [1.54, 1.807) is 0 Å². The number of fused-ring (bicyclic) bond motifs is 1. The highest BCUT2D eigenvalue weighted by Gasteiger charge is 2.53. The topological polar surface area (TPSA) is 73.5 Å². The molecule has 0 aromatic heterocycles. The number of halogens is 6. The third-order valence-electron chi connectivity index (χ3n) is 3.36. The van der Waals surface area contributed by atoms with Gasteiger partial charge >= 0.3 is 18.3 Å². The van der Waals surface area contributed by atoms with Gasteiger partial charge in [0.25, 0.3) is 0 Å². The molecule has 1 unspecified atom stereocenters. The van der Waals surface area contributed by atoms with Crippen LogP contribution < -0.4 is 0 Å². The summed E-state index contributed by atoms with van der Waals surface area (Å²) in [6, 6.07) is 3.37. The second-order valence-corrected chi connectivity index (χ2v) is 4.75. The number of hydrogen-bond acceptors (Lipinski definition) is 3. The van der Waals surface area contributed by atoms with Gasteiger partial charge in [-0.05, 0) is 6.07 Å². The molecule has 1 aliphatic heterocycles. The Morgan fingerprint density at radius 2 is 1.83 bits per heavy atom. The second kappa shape index (κ2) is 4.97. The zero-order chi connectivity index (χ0) is 17.6. The van der Waals surface area contributed by atoms with E-state index in [0.29, 0.717) is 6.07 Å². The number of nitrogens with zero attached hydrogens (tertiary/aromatic N) is 2. The molecule has 1 N–H and O–H groups in total. The Balaban J connectivity index is 2.89. The van der Waals surface area contributed by atoms with Crippen LogP contribution in [0, 0.1) is 11.3 Å². The van der Waals surface area contributed by atoms with E-state index in [1.807, 2.05) is 0 Å². The SMILES string of the molecule is N#CC1(C(=O)O)CC(C(F)(F)F)=Nc2c(C(F)(F)F)cccc21. The molecule has 1 aromatic carbocycles. The van der Waals surface area contributed by atoms with Crippen LogP contribution >= 0.6 is 0 Å². The van der Waals surface area contributed by atoms with E-state index in [9.17, 15) is 36.2 Å². The van der Waals surface area contributed by atoms with Crippen molar-refractivity contribution < 1.29 is 36.2 Å². The normalized spacial score (nSPS) is 21.2. The summed E-state index contributed by atoms with van der Waals surface area (Å²) in [5, 5.41) is 18.3. The number of benzene rings is 1. The fraction of sp³-hybridized carbons (Fsp3) is 0.308. The first-order chi connectivity index (χ1) is 10.4. The van der Waals surface area contributed by atoms with E-state index < -0.39 is 52.7 Å². The van der Waals surface area contributed by atoms with Crippen LogP contribution in [-0.2, 0) is 16.4 Å². The van der Waals surface area contributed by atoms with Crippen molar-refractivity contribution in [3.05, 3.63) is 29.3 Å². The van der Waals surface area contributed by atoms with Crippen molar-refractivity contribution in [2.75, 3.05) is 0 Å². The summed E-state index contributed by atoms with van der Waals surface area (Å²) >= 11 is 0. The molecule has 0 aliphatic carbocycles. The average Bonchev–Trinajstić information content (AvgIpc) is 2.42. The molecular formula is C13H6F6N2O2. The number of aliphatic carboxylic acids is 1. The molecule has 0 fully saturated rings. The molecular weight excluding hydrogens is 330 g/mol. The van der Waals surface area contributed by atoms with Gasteiger partial charge in [-0.3, -0.25) is 4.79 Å². The summed E-state index contributed by atoms with van der Waals surface area (Å²) in [5.74, 6) is -1.97. The molecule has 0 spiro atoms. The van der Waals surface area contributed by atoms with E-state index >= 15 is 0 Å². The largest absolute Gasteiger partial charge is 0.480 e. The van der Waals surface area contributed by atoms with Gasteiger partial charge in [0.2, 0.25) is 0 Å². The fourth-order valence-electron chi connectivity index (χ4n) is 2.26. The molecule has 1 aliphatic rings. The zero-order valence-electron chi connectivity index (χ0n) is 11.0. The Kier molecular flexibility index (Phi) is 3.63. The Morgan fingerprint density at radius 1 is 1.22 bits per heavy atom. The van der Waals surface area contributed by atoms with Crippen LogP contribution in [0.25, 0.3) is 0 Å². The molecule has 10 heteroatoms. The Morgan fingerprint density at radius 3 is 2.26 bits per heavy atom. The minimum Gasteiger partial charge on any atom is -0.480 e. The molecule has 23 heavy (non-hydrogen) atoms. The van der Waals surface area contributed by atoms with Gasteiger partial charge < -0.3 is 5.11 Å². The minimum absolute atomic E-state index is 0.478. The summed E-state index contributed by atoms with van der Waals surface area (Å²) in [6.45, 7) is 0. The van der Waals surface area contributed by atoms with Crippen LogP contribution in [0.3, 0.4) is 0 Å². The van der Waals surface area contributed by atoms with E-state index in [0.717, 1.165) is 12.1 Å². The summed E-state index contributed by atoms with van der Waals surface area (Å²) in [7, 11) is 0. The molecule has 0 amide bonds. The van der Waals surface area contributed by atoms with Gasteiger partial charge in [0.05, 0.1) is 17.3 Å². The van der Waals surface area contributed by atoms with Gasteiger partial charge in [-0.15, -0.1) is 0 Å². The predicted octanol–water partition coefficient (Wildman–Crippen LogP) is 3.59. The maximum absolute atomic E-state index is 13.0. The lowest BCUT2D eigenvalue weighted by Gasteiger charge is -2.30. The number of carboxylic acid groups (broad SMARTS) is 1. The fourth-order valence-corrected chi connectivity index (χ4v) is 2.26. The maximum Gasteiger partial charge on any atom is 0.429 e. The number of alkyl halides is 6. The predicted molar refractivity (Wildman–Crippen MR) is 64.1 cm³/mol. The van der Waals surface area contributed by atoms with E-state index in [1.165, 1.54) is 6.07 Å². The van der Waals surface area contributed by atoms with Crippen molar-refractivity contribution >= 4 is 17.4 Å². The zero-order valence-corrected chi connectivity index (χ0v) is 11.0. The second-order valence-electron chi connectivity index (χ2n) is 4.75. The third-order valence-corrected chi connectivity index (χ3v) is 3.36. The quantitative estimate of drug-likeness (QED) is 0.797. The van der Waals surface area contributed by atoms with Crippen molar-refractivity contribution in [1.82, 2.24) is 0 Å². The van der Waals surface area contributed by atoms with Crippen molar-refractivity contribution in [2.24, 2.45) is 4.99 Å². The first-order valence-corrected chi connectivity index (χ1v) is 5.93. The number of hydrogen-bond donors (Lipinski definition) is 1. The Bertz CT molecular complexity index is 744. The molecule has 0 bridgehead atoms. The standard InChI is InChI=1S/C13H6F6N2O2/c14-12(15,16)7-3-1-2-6-9(7)21-8(13(17,18)19)4-11(6,5-20)10(22)23/h1-3H,4H2,(H,22,23). The number of carbonyl (C=O) groups is 1. The van der Waals surface area contributed by atoms with Crippen LogP contribution in [0.4, 0.5) is 32.0 Å². The molecule has 2 rings (SSSR count). The van der Waals surface area contributed by atoms with Gasteiger partial charge in [0, 0.05) is 12.0 Å². The van der Waals surface area contributed by atoms with Gasteiger partial charge in [-0.25, -0.2) is 4.99 Å². The molecule has 0 radical (unpaired) electrons. The van der Waals surface area contributed by atoms with Crippen molar-refractivity contribution in [3.63, 3.8) is 0 Å². The summed E-state index contributed by atoms with van der Waals surface area (Å²) in [4.78, 5) is 14.3. The molecule has 1 atom stereocenters. The molecule has 1 heterocycles. The van der Waals surface area contributed by atoms with E-state index in [2.05, 4.69) is 4.99 Å². The first-order valence-electron chi connectivity index (χ1n) is 5.93.